The first-order chi connectivity index (χ1) is 15.2. The number of carbonyl (C=O) groups is 2. The molecule has 0 unspecified atom stereocenters. The van der Waals surface area contributed by atoms with Crippen LogP contribution in [0, 0.1) is 0 Å². The van der Waals surface area contributed by atoms with Crippen molar-refractivity contribution in [3.05, 3.63) is 77.7 Å². The van der Waals surface area contributed by atoms with Crippen molar-refractivity contribution >= 4 is 44.4 Å². The molecule has 5 rings (SSSR count). The van der Waals surface area contributed by atoms with Gasteiger partial charge in [-0.3, -0.25) is 9.59 Å². The Morgan fingerprint density at radius 1 is 0.968 bits per heavy atom. The molecule has 0 aliphatic rings. The summed E-state index contributed by atoms with van der Waals surface area (Å²) in [6, 6.07) is 17.1. The van der Waals surface area contributed by atoms with Gasteiger partial charge in [-0.25, -0.2) is 4.98 Å². The van der Waals surface area contributed by atoms with Crippen molar-refractivity contribution in [2.24, 2.45) is 5.73 Å². The summed E-state index contributed by atoms with van der Waals surface area (Å²) < 4.78 is 0. The number of nitrogens with one attached hydrogen (secondary N) is 3. The Bertz CT molecular complexity index is 1450. The highest BCUT2D eigenvalue weighted by Crippen LogP contribution is 2.30. The predicted molar refractivity (Wildman–Crippen MR) is 121 cm³/mol. The molecule has 5 aromatic rings. The van der Waals surface area contributed by atoms with Crippen LogP contribution in [-0.2, 0) is 0 Å². The summed E-state index contributed by atoms with van der Waals surface area (Å²) in [6.07, 6.45) is 2.36. The van der Waals surface area contributed by atoms with Crippen LogP contribution < -0.4 is 11.1 Å². The molecule has 0 aliphatic carbocycles. The minimum atomic E-state index is -0.325. The summed E-state index contributed by atoms with van der Waals surface area (Å²) in [5.41, 5.74) is 8.84. The Morgan fingerprint density at radius 2 is 1.71 bits per heavy atom. The number of ketones is 1. The number of nitrogens with zero attached hydrogens (tertiary/aromatic N) is 1. The molecule has 0 bridgehead atoms. The Balaban J connectivity index is 1.70. The Hall–Kier alpha value is -3.97. The third-order valence-electron chi connectivity index (χ3n) is 5.44. The van der Waals surface area contributed by atoms with Gasteiger partial charge in [-0.2, -0.15) is 0 Å². The zero-order valence-corrected chi connectivity index (χ0v) is 16.7. The zero-order chi connectivity index (χ0) is 21.4. The minimum Gasteiger partial charge on any atom is -0.360 e. The molecule has 5 N–H and O–H groups in total. The Morgan fingerprint density at radius 3 is 2.52 bits per heavy atom. The van der Waals surface area contributed by atoms with Gasteiger partial charge in [0.15, 0.2) is 0 Å². The summed E-state index contributed by atoms with van der Waals surface area (Å²) in [5.74, 6) is -0.570. The first-order valence-corrected chi connectivity index (χ1v) is 10.2. The lowest BCUT2D eigenvalue weighted by Crippen LogP contribution is -2.27. The highest BCUT2D eigenvalue weighted by molar-refractivity contribution is 6.23. The fourth-order valence-corrected chi connectivity index (χ4v) is 3.91. The van der Waals surface area contributed by atoms with E-state index < -0.39 is 0 Å². The largest absolute Gasteiger partial charge is 0.360 e. The lowest BCUT2D eigenvalue weighted by molar-refractivity contribution is 0.0948. The molecule has 7 heteroatoms. The number of pyridine rings is 1. The molecule has 0 saturated heterocycles. The van der Waals surface area contributed by atoms with E-state index in [0.29, 0.717) is 30.6 Å². The summed E-state index contributed by atoms with van der Waals surface area (Å²) in [4.78, 5) is 37.3. The number of fused-ring (bicyclic) bond motifs is 4. The SMILES string of the molecule is NCCCNC(=O)c1cc2c([nH]c3ccccc32)c(C(=O)c2c[nH]c3ccccc23)n1. The number of aromatic amines is 2. The average molecular weight is 411 g/mol. The van der Waals surface area contributed by atoms with Gasteiger partial charge in [0.2, 0.25) is 5.78 Å². The van der Waals surface area contributed by atoms with Crippen molar-refractivity contribution in [2.45, 2.75) is 6.42 Å². The maximum Gasteiger partial charge on any atom is 0.269 e. The Labute approximate surface area is 177 Å². The fourth-order valence-electron chi connectivity index (χ4n) is 3.91. The van der Waals surface area contributed by atoms with Crippen molar-refractivity contribution in [3.8, 4) is 0 Å². The molecule has 0 aliphatic heterocycles. The number of nitrogens with two attached hydrogens (primary N) is 1. The van der Waals surface area contributed by atoms with Crippen LogP contribution in [-0.4, -0.2) is 39.7 Å². The van der Waals surface area contributed by atoms with E-state index in [-0.39, 0.29) is 23.1 Å². The van der Waals surface area contributed by atoms with Crippen molar-refractivity contribution < 1.29 is 9.59 Å². The maximum absolute atomic E-state index is 13.6. The highest BCUT2D eigenvalue weighted by atomic mass is 16.2. The number of hydrogen-bond donors (Lipinski definition) is 4. The molecule has 0 spiro atoms. The summed E-state index contributed by atoms with van der Waals surface area (Å²) >= 11 is 0. The van der Waals surface area contributed by atoms with E-state index in [9.17, 15) is 9.59 Å². The average Bonchev–Trinajstić information content (AvgIpc) is 3.39. The summed E-state index contributed by atoms with van der Waals surface area (Å²) in [6.45, 7) is 0.939. The van der Waals surface area contributed by atoms with E-state index in [1.54, 1.807) is 12.3 Å². The number of rotatable bonds is 6. The van der Waals surface area contributed by atoms with Crippen LogP contribution in [0.1, 0.15) is 33.0 Å². The van der Waals surface area contributed by atoms with Crippen LogP contribution in [0.3, 0.4) is 0 Å². The number of para-hydroxylation sites is 2. The van der Waals surface area contributed by atoms with Gasteiger partial charge in [0.1, 0.15) is 11.4 Å². The second-order valence-corrected chi connectivity index (χ2v) is 7.42. The van der Waals surface area contributed by atoms with E-state index in [2.05, 4.69) is 20.3 Å². The van der Waals surface area contributed by atoms with Gasteiger partial charge in [-0.15, -0.1) is 0 Å². The number of amides is 1. The first-order valence-electron chi connectivity index (χ1n) is 10.2. The summed E-state index contributed by atoms with van der Waals surface area (Å²) in [5, 5.41) is 5.37. The van der Waals surface area contributed by atoms with Crippen LogP contribution in [0.2, 0.25) is 0 Å². The van der Waals surface area contributed by atoms with Gasteiger partial charge >= 0.3 is 0 Å². The number of H-pyrrole nitrogens is 2. The van der Waals surface area contributed by atoms with E-state index >= 15 is 0 Å². The van der Waals surface area contributed by atoms with Crippen molar-refractivity contribution in [2.75, 3.05) is 13.1 Å². The standard InChI is InChI=1S/C24H21N5O2/c25-10-5-11-26-24(31)20-12-16-14-6-2-4-9-19(14)28-21(16)22(29-20)23(30)17-13-27-18-8-3-1-7-15(17)18/h1-4,6-9,12-13,27-28H,5,10-11,25H2,(H,26,31). The van der Waals surface area contributed by atoms with Crippen molar-refractivity contribution in [1.82, 2.24) is 20.3 Å². The molecule has 0 radical (unpaired) electrons. The number of benzene rings is 2. The number of hydrogen-bond acceptors (Lipinski definition) is 4. The third kappa shape index (κ3) is 3.25. The van der Waals surface area contributed by atoms with Crippen LogP contribution in [0.4, 0.5) is 0 Å². The van der Waals surface area contributed by atoms with Crippen LogP contribution in [0.5, 0.6) is 0 Å². The zero-order valence-electron chi connectivity index (χ0n) is 16.7. The molecule has 1 amide bonds. The molecule has 2 aromatic carbocycles. The van der Waals surface area contributed by atoms with Crippen molar-refractivity contribution in [3.63, 3.8) is 0 Å². The molecular formula is C24H21N5O2. The second kappa shape index (κ2) is 7.70. The monoisotopic (exact) mass is 411 g/mol. The van der Waals surface area contributed by atoms with Gasteiger partial charge in [-0.05, 0) is 31.2 Å². The third-order valence-corrected chi connectivity index (χ3v) is 5.44. The molecular weight excluding hydrogens is 390 g/mol. The maximum atomic E-state index is 13.6. The first kappa shape index (κ1) is 19.0. The van der Waals surface area contributed by atoms with Crippen LogP contribution >= 0.6 is 0 Å². The van der Waals surface area contributed by atoms with Crippen molar-refractivity contribution in [1.29, 1.82) is 0 Å². The normalized spacial score (nSPS) is 11.4. The molecule has 0 fully saturated rings. The number of aromatic nitrogens is 3. The van der Waals surface area contributed by atoms with Gasteiger partial charge in [0.25, 0.3) is 5.91 Å². The molecule has 0 saturated carbocycles. The van der Waals surface area contributed by atoms with Gasteiger partial charge in [0, 0.05) is 45.5 Å². The predicted octanol–water partition coefficient (Wildman–Crippen LogP) is 3.51. The minimum absolute atomic E-state index is 0.206. The molecule has 0 atom stereocenters. The lowest BCUT2D eigenvalue weighted by atomic mass is 10.0. The lowest BCUT2D eigenvalue weighted by Gasteiger charge is -2.07. The molecule has 7 nitrogen and oxygen atoms in total. The topological polar surface area (TPSA) is 117 Å². The van der Waals surface area contributed by atoms with Crippen LogP contribution in [0.25, 0.3) is 32.7 Å². The van der Waals surface area contributed by atoms with E-state index in [0.717, 1.165) is 27.2 Å². The highest BCUT2D eigenvalue weighted by Gasteiger charge is 2.23. The van der Waals surface area contributed by atoms with E-state index in [1.807, 2.05) is 48.5 Å². The smallest absolute Gasteiger partial charge is 0.269 e. The van der Waals surface area contributed by atoms with Crippen LogP contribution in [0.15, 0.2) is 60.8 Å². The van der Waals surface area contributed by atoms with Gasteiger partial charge in [0.05, 0.1) is 5.52 Å². The fraction of sp³-hybridized carbons (Fsp3) is 0.125. The molecule has 31 heavy (non-hydrogen) atoms. The molecule has 3 heterocycles. The van der Waals surface area contributed by atoms with E-state index in [4.69, 9.17) is 5.73 Å². The number of carbonyl (C=O) groups excluding carboxylic acids is 2. The Kier molecular flexibility index (Phi) is 4.72. The van der Waals surface area contributed by atoms with Gasteiger partial charge in [-0.1, -0.05) is 36.4 Å². The summed E-state index contributed by atoms with van der Waals surface area (Å²) in [7, 11) is 0. The van der Waals surface area contributed by atoms with Gasteiger partial charge < -0.3 is 21.0 Å². The quantitative estimate of drug-likeness (QED) is 0.253. The molecule has 154 valence electrons. The van der Waals surface area contributed by atoms with E-state index in [1.165, 1.54) is 0 Å². The second-order valence-electron chi connectivity index (χ2n) is 7.42. The molecule has 3 aromatic heterocycles.